The Morgan fingerprint density at radius 1 is 1.47 bits per heavy atom. The van der Waals surface area contributed by atoms with Crippen LogP contribution in [0.4, 0.5) is 0 Å². The first kappa shape index (κ1) is 12.5. The topological polar surface area (TPSA) is 35.2 Å². The molecule has 2 nitrogen and oxygen atoms in total. The number of hydrogen-bond acceptors (Lipinski definition) is 2. The Morgan fingerprint density at radius 2 is 2.20 bits per heavy atom. The molecule has 0 saturated carbocycles. The minimum atomic E-state index is 0.230. The number of hydrogen-bond donors (Lipinski definition) is 1. The summed E-state index contributed by atoms with van der Waals surface area (Å²) in [6, 6.07) is 6.06. The van der Waals surface area contributed by atoms with Crippen LogP contribution in [0.2, 0.25) is 0 Å². The molecule has 1 unspecified atom stereocenters. The van der Waals surface area contributed by atoms with Crippen LogP contribution >= 0.6 is 15.9 Å². The van der Waals surface area contributed by atoms with Gasteiger partial charge in [-0.15, -0.1) is 0 Å². The van der Waals surface area contributed by atoms with Gasteiger partial charge in [-0.3, -0.25) is 0 Å². The molecule has 0 aromatic heterocycles. The third-order valence-electron chi connectivity index (χ3n) is 2.28. The summed E-state index contributed by atoms with van der Waals surface area (Å²) in [5.41, 5.74) is 6.61. The number of benzene rings is 1. The van der Waals surface area contributed by atoms with E-state index in [-0.39, 0.29) is 6.10 Å². The molecule has 0 saturated heterocycles. The Balaban J connectivity index is 2.56. The van der Waals surface area contributed by atoms with Crippen molar-refractivity contribution in [2.24, 2.45) is 5.73 Å². The summed E-state index contributed by atoms with van der Waals surface area (Å²) in [4.78, 5) is 0. The molecule has 3 heteroatoms. The second kappa shape index (κ2) is 6.13. The van der Waals surface area contributed by atoms with Gasteiger partial charge in [-0.05, 0) is 57.0 Å². The van der Waals surface area contributed by atoms with Gasteiger partial charge in [-0.1, -0.05) is 15.9 Å². The second-order valence-corrected chi connectivity index (χ2v) is 4.68. The first-order valence-electron chi connectivity index (χ1n) is 5.26. The summed E-state index contributed by atoms with van der Waals surface area (Å²) < 4.78 is 6.91. The van der Waals surface area contributed by atoms with E-state index < -0.39 is 0 Å². The van der Waals surface area contributed by atoms with E-state index in [2.05, 4.69) is 35.8 Å². The fourth-order valence-corrected chi connectivity index (χ4v) is 1.90. The Morgan fingerprint density at radius 3 is 2.80 bits per heavy atom. The molecule has 1 aromatic rings. The molecule has 0 radical (unpaired) electrons. The molecule has 0 heterocycles. The monoisotopic (exact) mass is 271 g/mol. The predicted octanol–water partition coefficient (Wildman–Crippen LogP) is 3.26. The molecule has 2 N–H and O–H groups in total. The minimum Gasteiger partial charge on any atom is -0.490 e. The number of aryl methyl sites for hydroxylation is 1. The third-order valence-corrected chi connectivity index (χ3v) is 2.77. The Bertz CT molecular complexity index is 314. The first-order valence-corrected chi connectivity index (χ1v) is 6.05. The Hall–Kier alpha value is -0.540. The maximum absolute atomic E-state index is 5.83. The van der Waals surface area contributed by atoms with Gasteiger partial charge < -0.3 is 10.5 Å². The van der Waals surface area contributed by atoms with Gasteiger partial charge in [-0.25, -0.2) is 0 Å². The molecule has 0 aliphatic carbocycles. The highest BCUT2D eigenvalue weighted by Gasteiger charge is 2.05. The average molecular weight is 272 g/mol. The zero-order chi connectivity index (χ0) is 11.3. The molecule has 1 aromatic carbocycles. The quantitative estimate of drug-likeness (QED) is 0.892. The molecular weight excluding hydrogens is 254 g/mol. The third kappa shape index (κ3) is 4.22. The molecule has 0 aliphatic heterocycles. The van der Waals surface area contributed by atoms with Gasteiger partial charge in [0.15, 0.2) is 0 Å². The molecule has 0 amide bonds. The molecule has 0 spiro atoms. The van der Waals surface area contributed by atoms with Gasteiger partial charge in [0.05, 0.1) is 6.10 Å². The minimum absolute atomic E-state index is 0.230. The molecular formula is C12H18BrNO. The van der Waals surface area contributed by atoms with E-state index in [1.165, 1.54) is 0 Å². The predicted molar refractivity (Wildman–Crippen MR) is 67.3 cm³/mol. The first-order chi connectivity index (χ1) is 7.13. The van der Waals surface area contributed by atoms with E-state index in [0.29, 0.717) is 0 Å². The molecule has 0 fully saturated rings. The largest absolute Gasteiger partial charge is 0.490 e. The van der Waals surface area contributed by atoms with Gasteiger partial charge in [0, 0.05) is 4.47 Å². The van der Waals surface area contributed by atoms with Crippen LogP contribution in [0, 0.1) is 6.92 Å². The van der Waals surface area contributed by atoms with Crippen LogP contribution in [0.3, 0.4) is 0 Å². The molecule has 0 aliphatic rings. The van der Waals surface area contributed by atoms with Crippen molar-refractivity contribution in [3.8, 4) is 5.75 Å². The summed E-state index contributed by atoms with van der Waals surface area (Å²) in [5, 5.41) is 0. The second-order valence-electron chi connectivity index (χ2n) is 3.77. The van der Waals surface area contributed by atoms with Crippen molar-refractivity contribution >= 4 is 15.9 Å². The van der Waals surface area contributed by atoms with Gasteiger partial charge in [0.25, 0.3) is 0 Å². The van der Waals surface area contributed by atoms with Crippen LogP contribution in [-0.2, 0) is 0 Å². The summed E-state index contributed by atoms with van der Waals surface area (Å²) in [6.45, 7) is 4.86. The number of rotatable bonds is 5. The van der Waals surface area contributed by atoms with Crippen molar-refractivity contribution in [3.05, 3.63) is 28.2 Å². The van der Waals surface area contributed by atoms with E-state index in [1.54, 1.807) is 0 Å². The fourth-order valence-electron chi connectivity index (χ4n) is 1.43. The lowest BCUT2D eigenvalue weighted by Crippen LogP contribution is -2.14. The fraction of sp³-hybridized carbons (Fsp3) is 0.500. The van der Waals surface area contributed by atoms with Crippen molar-refractivity contribution in [3.63, 3.8) is 0 Å². The highest BCUT2D eigenvalue weighted by molar-refractivity contribution is 9.10. The van der Waals surface area contributed by atoms with Gasteiger partial charge >= 0.3 is 0 Å². The zero-order valence-corrected chi connectivity index (χ0v) is 10.9. The van der Waals surface area contributed by atoms with Gasteiger partial charge in [-0.2, -0.15) is 0 Å². The zero-order valence-electron chi connectivity index (χ0n) is 9.29. The number of halogens is 1. The van der Waals surface area contributed by atoms with E-state index in [9.17, 15) is 0 Å². The smallest absolute Gasteiger partial charge is 0.122 e. The van der Waals surface area contributed by atoms with Crippen LogP contribution < -0.4 is 10.5 Å². The molecule has 1 atom stereocenters. The maximum Gasteiger partial charge on any atom is 0.122 e. The molecule has 84 valence electrons. The van der Waals surface area contributed by atoms with Crippen LogP contribution in [0.1, 0.15) is 25.3 Å². The molecule has 15 heavy (non-hydrogen) atoms. The maximum atomic E-state index is 5.83. The van der Waals surface area contributed by atoms with Crippen LogP contribution in [0.15, 0.2) is 22.7 Å². The van der Waals surface area contributed by atoms with E-state index in [1.807, 2.05) is 12.1 Å². The number of ether oxygens (including phenoxy) is 1. The Kier molecular flexibility index (Phi) is 5.12. The summed E-state index contributed by atoms with van der Waals surface area (Å²) >= 11 is 3.43. The van der Waals surface area contributed by atoms with Crippen LogP contribution in [-0.4, -0.2) is 12.6 Å². The van der Waals surface area contributed by atoms with E-state index in [0.717, 1.165) is 35.2 Å². The van der Waals surface area contributed by atoms with Crippen molar-refractivity contribution in [1.29, 1.82) is 0 Å². The van der Waals surface area contributed by atoms with Gasteiger partial charge in [0.2, 0.25) is 0 Å². The molecule has 1 rings (SSSR count). The summed E-state index contributed by atoms with van der Waals surface area (Å²) in [6.07, 6.45) is 2.25. The lowest BCUT2D eigenvalue weighted by molar-refractivity contribution is 0.207. The van der Waals surface area contributed by atoms with E-state index >= 15 is 0 Å². The lowest BCUT2D eigenvalue weighted by atomic mass is 10.2. The van der Waals surface area contributed by atoms with E-state index in [4.69, 9.17) is 10.5 Å². The highest BCUT2D eigenvalue weighted by atomic mass is 79.9. The van der Waals surface area contributed by atoms with Crippen molar-refractivity contribution in [1.82, 2.24) is 0 Å². The van der Waals surface area contributed by atoms with Crippen LogP contribution in [0.25, 0.3) is 0 Å². The average Bonchev–Trinajstić information content (AvgIpc) is 2.19. The Labute approximate surface area is 99.9 Å². The standard InChI is InChI=1S/C12H18BrNO/c1-9-8-11(13)5-6-12(9)15-10(2)4-3-7-14/h5-6,8,10H,3-4,7,14H2,1-2H3. The van der Waals surface area contributed by atoms with Crippen molar-refractivity contribution in [2.75, 3.05) is 6.54 Å². The SMILES string of the molecule is Cc1cc(Br)ccc1OC(C)CCCN. The lowest BCUT2D eigenvalue weighted by Gasteiger charge is -2.16. The number of nitrogens with two attached hydrogens (primary N) is 1. The highest BCUT2D eigenvalue weighted by Crippen LogP contribution is 2.23. The van der Waals surface area contributed by atoms with Crippen molar-refractivity contribution in [2.45, 2.75) is 32.8 Å². The molecule has 0 bridgehead atoms. The summed E-state index contributed by atoms with van der Waals surface area (Å²) in [5.74, 6) is 0.961. The summed E-state index contributed by atoms with van der Waals surface area (Å²) in [7, 11) is 0. The normalized spacial score (nSPS) is 12.5. The van der Waals surface area contributed by atoms with Crippen molar-refractivity contribution < 1.29 is 4.74 Å². The van der Waals surface area contributed by atoms with Crippen LogP contribution in [0.5, 0.6) is 5.75 Å². The van der Waals surface area contributed by atoms with Gasteiger partial charge in [0.1, 0.15) is 5.75 Å².